The number of amides is 1. The Bertz CT molecular complexity index is 215. The molecule has 1 aliphatic heterocycles. The van der Waals surface area contributed by atoms with Crippen LogP contribution in [0.4, 0.5) is 4.79 Å². The van der Waals surface area contributed by atoms with Gasteiger partial charge in [0.1, 0.15) is 5.60 Å². The third-order valence-electron chi connectivity index (χ3n) is 2.05. The second kappa shape index (κ2) is 5.56. The number of likely N-dealkylation sites (tertiary alicyclic amines) is 1. The van der Waals surface area contributed by atoms with E-state index in [-0.39, 0.29) is 18.5 Å². The largest absolute Gasteiger partial charge is 0.444 e. The summed E-state index contributed by atoms with van der Waals surface area (Å²) in [4.78, 5) is 13.1. The Morgan fingerprint density at radius 2 is 2.07 bits per heavy atom. The first-order valence-corrected chi connectivity index (χ1v) is 5.04. The molecular formula is C10H20ClNO3. The van der Waals surface area contributed by atoms with Gasteiger partial charge >= 0.3 is 6.09 Å². The summed E-state index contributed by atoms with van der Waals surface area (Å²) in [6.45, 7) is 6.60. The van der Waals surface area contributed by atoms with E-state index in [4.69, 9.17) is 4.74 Å². The molecule has 1 N–H and O–H groups in total. The van der Waals surface area contributed by atoms with Crippen molar-refractivity contribution in [3.63, 3.8) is 0 Å². The smallest absolute Gasteiger partial charge is 0.410 e. The molecule has 0 saturated carbocycles. The standard InChI is InChI=1S/C10H19NO3.ClH/c1-10(2,3)14-9(13)11-6-4-5-8(12)7-11;/h8,12H,4-7H2,1-3H3;1H/t8-;/m1./s1. The van der Waals surface area contributed by atoms with Crippen LogP contribution in [0.15, 0.2) is 0 Å². The van der Waals surface area contributed by atoms with Gasteiger partial charge in [-0.3, -0.25) is 0 Å². The molecule has 1 saturated heterocycles. The van der Waals surface area contributed by atoms with E-state index in [1.807, 2.05) is 20.8 Å². The molecule has 1 rings (SSSR count). The maximum atomic E-state index is 11.6. The van der Waals surface area contributed by atoms with Gasteiger partial charge in [-0.25, -0.2) is 4.79 Å². The second-order valence-corrected chi connectivity index (χ2v) is 4.72. The molecule has 15 heavy (non-hydrogen) atoms. The number of ether oxygens (including phenoxy) is 1. The Hall–Kier alpha value is -0.480. The number of nitrogens with zero attached hydrogens (tertiary/aromatic N) is 1. The molecule has 1 fully saturated rings. The third-order valence-corrected chi connectivity index (χ3v) is 2.05. The average Bonchev–Trinajstić information content (AvgIpc) is 2.01. The maximum Gasteiger partial charge on any atom is 0.410 e. The Kier molecular flexibility index (Phi) is 5.38. The molecule has 0 bridgehead atoms. The number of piperidine rings is 1. The Morgan fingerprint density at radius 1 is 1.47 bits per heavy atom. The minimum absolute atomic E-state index is 0. The number of carbonyl (C=O) groups is 1. The first-order valence-electron chi connectivity index (χ1n) is 5.04. The predicted molar refractivity (Wildman–Crippen MR) is 60.3 cm³/mol. The first-order chi connectivity index (χ1) is 6.38. The average molecular weight is 238 g/mol. The summed E-state index contributed by atoms with van der Waals surface area (Å²) in [5.41, 5.74) is -0.459. The normalized spacial score (nSPS) is 21.9. The number of carbonyl (C=O) groups excluding carboxylic acids is 1. The van der Waals surface area contributed by atoms with Crippen molar-refractivity contribution in [1.29, 1.82) is 0 Å². The van der Waals surface area contributed by atoms with Crippen molar-refractivity contribution in [1.82, 2.24) is 4.90 Å². The number of aliphatic hydroxyl groups excluding tert-OH is 1. The van der Waals surface area contributed by atoms with Gasteiger partial charge in [-0.2, -0.15) is 0 Å². The molecule has 90 valence electrons. The highest BCUT2D eigenvalue weighted by Gasteiger charge is 2.26. The zero-order chi connectivity index (χ0) is 10.8. The predicted octanol–water partition coefficient (Wildman–Crippen LogP) is 1.80. The summed E-state index contributed by atoms with van der Waals surface area (Å²) in [6.07, 6.45) is 0.909. The maximum absolute atomic E-state index is 11.6. The molecule has 0 aromatic carbocycles. The van der Waals surface area contributed by atoms with Crippen LogP contribution in [0.25, 0.3) is 0 Å². The lowest BCUT2D eigenvalue weighted by molar-refractivity contribution is 0.00391. The fourth-order valence-corrected chi connectivity index (χ4v) is 1.45. The van der Waals surface area contributed by atoms with Crippen LogP contribution in [0.5, 0.6) is 0 Å². The van der Waals surface area contributed by atoms with E-state index in [1.54, 1.807) is 4.90 Å². The van der Waals surface area contributed by atoms with Crippen molar-refractivity contribution in [2.75, 3.05) is 13.1 Å². The van der Waals surface area contributed by atoms with E-state index in [9.17, 15) is 9.90 Å². The van der Waals surface area contributed by atoms with Crippen LogP contribution in [0.2, 0.25) is 0 Å². The van der Waals surface area contributed by atoms with Gasteiger partial charge in [0.25, 0.3) is 0 Å². The summed E-state index contributed by atoms with van der Waals surface area (Å²) in [6, 6.07) is 0. The Balaban J connectivity index is 0.00000196. The minimum atomic E-state index is -0.459. The number of hydrogen-bond acceptors (Lipinski definition) is 3. The summed E-state index contributed by atoms with van der Waals surface area (Å²) < 4.78 is 5.20. The van der Waals surface area contributed by atoms with Crippen LogP contribution in [-0.2, 0) is 4.74 Å². The molecular weight excluding hydrogens is 218 g/mol. The summed E-state index contributed by atoms with van der Waals surface area (Å²) >= 11 is 0. The van der Waals surface area contributed by atoms with E-state index in [1.165, 1.54) is 0 Å². The van der Waals surface area contributed by atoms with Gasteiger partial charge in [-0.15, -0.1) is 12.4 Å². The molecule has 1 heterocycles. The van der Waals surface area contributed by atoms with Crippen LogP contribution < -0.4 is 0 Å². The van der Waals surface area contributed by atoms with Crippen LogP contribution in [0.1, 0.15) is 33.6 Å². The SMILES string of the molecule is CC(C)(C)OC(=O)N1CCC[C@@H](O)C1.Cl. The Morgan fingerprint density at radius 3 is 2.53 bits per heavy atom. The zero-order valence-electron chi connectivity index (χ0n) is 9.52. The lowest BCUT2D eigenvalue weighted by Crippen LogP contribution is -2.44. The minimum Gasteiger partial charge on any atom is -0.444 e. The fraction of sp³-hybridized carbons (Fsp3) is 0.900. The molecule has 1 atom stereocenters. The topological polar surface area (TPSA) is 49.8 Å². The molecule has 0 unspecified atom stereocenters. The van der Waals surface area contributed by atoms with Crippen molar-refractivity contribution in [2.24, 2.45) is 0 Å². The molecule has 0 spiro atoms. The van der Waals surface area contributed by atoms with Crippen molar-refractivity contribution < 1.29 is 14.6 Å². The van der Waals surface area contributed by atoms with Crippen molar-refractivity contribution in [2.45, 2.75) is 45.3 Å². The first kappa shape index (κ1) is 14.5. The van der Waals surface area contributed by atoms with E-state index in [0.717, 1.165) is 12.8 Å². The highest BCUT2D eigenvalue weighted by atomic mass is 35.5. The van der Waals surface area contributed by atoms with Gasteiger partial charge in [-0.05, 0) is 33.6 Å². The van der Waals surface area contributed by atoms with Gasteiger partial charge in [-0.1, -0.05) is 0 Å². The van der Waals surface area contributed by atoms with E-state index < -0.39 is 11.7 Å². The van der Waals surface area contributed by atoms with Crippen LogP contribution in [-0.4, -0.2) is 40.9 Å². The van der Waals surface area contributed by atoms with Gasteiger partial charge in [0.15, 0.2) is 0 Å². The fourth-order valence-electron chi connectivity index (χ4n) is 1.45. The number of aliphatic hydroxyl groups is 1. The van der Waals surface area contributed by atoms with Crippen molar-refractivity contribution >= 4 is 18.5 Å². The van der Waals surface area contributed by atoms with Crippen LogP contribution >= 0.6 is 12.4 Å². The van der Waals surface area contributed by atoms with Gasteiger partial charge in [0.05, 0.1) is 6.10 Å². The Labute approximate surface area is 97.0 Å². The molecule has 1 aliphatic rings. The highest BCUT2D eigenvalue weighted by Crippen LogP contribution is 2.14. The summed E-state index contributed by atoms with van der Waals surface area (Å²) in [5, 5.41) is 9.38. The van der Waals surface area contributed by atoms with E-state index >= 15 is 0 Å². The monoisotopic (exact) mass is 237 g/mol. The van der Waals surface area contributed by atoms with Gasteiger partial charge in [0, 0.05) is 13.1 Å². The zero-order valence-corrected chi connectivity index (χ0v) is 10.3. The quantitative estimate of drug-likeness (QED) is 0.699. The molecule has 0 radical (unpaired) electrons. The van der Waals surface area contributed by atoms with E-state index in [0.29, 0.717) is 13.1 Å². The van der Waals surface area contributed by atoms with Crippen LogP contribution in [0, 0.1) is 0 Å². The third kappa shape index (κ3) is 5.23. The lowest BCUT2D eigenvalue weighted by atomic mass is 10.1. The van der Waals surface area contributed by atoms with E-state index in [2.05, 4.69) is 0 Å². The second-order valence-electron chi connectivity index (χ2n) is 4.72. The van der Waals surface area contributed by atoms with Crippen molar-refractivity contribution in [3.05, 3.63) is 0 Å². The molecule has 4 nitrogen and oxygen atoms in total. The number of rotatable bonds is 0. The molecule has 0 aromatic rings. The summed E-state index contributed by atoms with van der Waals surface area (Å²) in [5.74, 6) is 0. The molecule has 5 heteroatoms. The van der Waals surface area contributed by atoms with Gasteiger partial charge in [0.2, 0.25) is 0 Å². The molecule has 0 aromatic heterocycles. The molecule has 0 aliphatic carbocycles. The van der Waals surface area contributed by atoms with Gasteiger partial charge < -0.3 is 14.7 Å². The number of hydrogen-bond donors (Lipinski definition) is 1. The number of β-amino-alcohol motifs (C(OH)–C–C–N with tert-alkyl or cyclic N) is 1. The summed E-state index contributed by atoms with van der Waals surface area (Å²) in [7, 11) is 0. The molecule has 1 amide bonds. The van der Waals surface area contributed by atoms with Crippen LogP contribution in [0.3, 0.4) is 0 Å². The highest BCUT2D eigenvalue weighted by molar-refractivity contribution is 5.85. The number of halogens is 1. The lowest BCUT2D eigenvalue weighted by Gasteiger charge is -2.32. The van der Waals surface area contributed by atoms with Crippen molar-refractivity contribution in [3.8, 4) is 0 Å².